The Kier molecular flexibility index (Phi) is 7.52. The van der Waals surface area contributed by atoms with E-state index in [1.54, 1.807) is 0 Å². The normalized spacial score (nSPS) is 14.7. The zero-order chi connectivity index (χ0) is 16.2. The number of hydrogen-bond donors (Lipinski definition) is 1. The Morgan fingerprint density at radius 2 is 1.15 bits per heavy atom. The lowest BCUT2D eigenvalue weighted by Crippen LogP contribution is -2.41. The molecular formula is C17H37NS2. The molecular weight excluding hydrogens is 282 g/mol. The topological polar surface area (TPSA) is 12.0 Å². The molecule has 0 fully saturated rings. The van der Waals surface area contributed by atoms with Gasteiger partial charge in [0.15, 0.2) is 0 Å². The molecule has 20 heavy (non-hydrogen) atoms. The summed E-state index contributed by atoms with van der Waals surface area (Å²) in [4.78, 5) is 0. The lowest BCUT2D eigenvalue weighted by atomic mass is 9.81. The molecule has 0 aliphatic heterocycles. The summed E-state index contributed by atoms with van der Waals surface area (Å²) in [5.74, 6) is 0. The molecule has 0 unspecified atom stereocenters. The summed E-state index contributed by atoms with van der Waals surface area (Å²) in [6.07, 6.45) is 3.68. The summed E-state index contributed by atoms with van der Waals surface area (Å²) in [7, 11) is 6.18. The standard InChI is InChI=1S/C17H37NS2/c1-11-14(2,3)12-16(6,7)19-20-17(8,9)13-15(4,5)18-10/h18H,11-13H2,1-10H3. The Labute approximate surface area is 136 Å². The molecule has 0 aromatic heterocycles. The highest BCUT2D eigenvalue weighted by Crippen LogP contribution is 2.50. The minimum Gasteiger partial charge on any atom is -0.315 e. The van der Waals surface area contributed by atoms with Gasteiger partial charge in [-0.25, -0.2) is 0 Å². The van der Waals surface area contributed by atoms with Crippen LogP contribution in [0.1, 0.15) is 81.6 Å². The second-order valence-corrected chi connectivity index (χ2v) is 12.2. The summed E-state index contributed by atoms with van der Waals surface area (Å²) >= 11 is 0. The van der Waals surface area contributed by atoms with Crippen molar-refractivity contribution in [2.24, 2.45) is 5.41 Å². The second kappa shape index (κ2) is 7.28. The highest BCUT2D eigenvalue weighted by atomic mass is 33.1. The van der Waals surface area contributed by atoms with E-state index in [1.807, 2.05) is 0 Å². The van der Waals surface area contributed by atoms with E-state index in [0.29, 0.717) is 10.2 Å². The molecule has 0 aliphatic carbocycles. The monoisotopic (exact) mass is 319 g/mol. The van der Waals surface area contributed by atoms with Crippen molar-refractivity contribution in [2.45, 2.75) is 96.6 Å². The Morgan fingerprint density at radius 3 is 1.50 bits per heavy atom. The lowest BCUT2D eigenvalue weighted by molar-refractivity contribution is 0.293. The van der Waals surface area contributed by atoms with Crippen molar-refractivity contribution in [1.82, 2.24) is 5.32 Å². The Balaban J connectivity index is 4.51. The van der Waals surface area contributed by atoms with Crippen molar-refractivity contribution in [3.05, 3.63) is 0 Å². The first-order chi connectivity index (χ1) is 8.74. The van der Waals surface area contributed by atoms with Crippen molar-refractivity contribution in [1.29, 1.82) is 0 Å². The van der Waals surface area contributed by atoms with Crippen molar-refractivity contribution < 1.29 is 0 Å². The van der Waals surface area contributed by atoms with Crippen LogP contribution in [0.4, 0.5) is 0 Å². The van der Waals surface area contributed by atoms with Gasteiger partial charge >= 0.3 is 0 Å². The van der Waals surface area contributed by atoms with Crippen LogP contribution in [0.2, 0.25) is 0 Å². The first-order valence-electron chi connectivity index (χ1n) is 7.80. The van der Waals surface area contributed by atoms with Gasteiger partial charge in [0, 0.05) is 15.0 Å². The minimum atomic E-state index is 0.198. The van der Waals surface area contributed by atoms with E-state index in [2.05, 4.69) is 96.3 Å². The van der Waals surface area contributed by atoms with E-state index in [-0.39, 0.29) is 10.3 Å². The maximum absolute atomic E-state index is 3.42. The Morgan fingerprint density at radius 1 is 0.750 bits per heavy atom. The van der Waals surface area contributed by atoms with E-state index in [9.17, 15) is 0 Å². The third kappa shape index (κ3) is 8.84. The fourth-order valence-electron chi connectivity index (χ4n) is 2.71. The summed E-state index contributed by atoms with van der Waals surface area (Å²) in [6, 6.07) is 0. The van der Waals surface area contributed by atoms with Gasteiger partial charge in [-0.3, -0.25) is 0 Å². The molecule has 0 saturated heterocycles. The first kappa shape index (κ1) is 20.7. The number of nitrogens with one attached hydrogen (secondary N) is 1. The van der Waals surface area contributed by atoms with Crippen molar-refractivity contribution in [3.63, 3.8) is 0 Å². The van der Waals surface area contributed by atoms with Crippen LogP contribution in [0, 0.1) is 5.41 Å². The molecule has 0 saturated carbocycles. The largest absolute Gasteiger partial charge is 0.315 e. The summed E-state index contributed by atoms with van der Waals surface area (Å²) in [5.41, 5.74) is 0.634. The van der Waals surface area contributed by atoms with Gasteiger partial charge < -0.3 is 5.32 Å². The van der Waals surface area contributed by atoms with Crippen LogP contribution in [-0.2, 0) is 0 Å². The van der Waals surface area contributed by atoms with E-state index in [1.165, 1.54) is 19.3 Å². The number of hydrogen-bond acceptors (Lipinski definition) is 3. The van der Waals surface area contributed by atoms with Crippen LogP contribution in [0.15, 0.2) is 0 Å². The van der Waals surface area contributed by atoms with Gasteiger partial charge in [-0.05, 0) is 66.8 Å². The first-order valence-corrected chi connectivity index (χ1v) is 9.95. The molecule has 1 nitrogen and oxygen atoms in total. The van der Waals surface area contributed by atoms with Gasteiger partial charge in [-0.1, -0.05) is 48.8 Å². The smallest absolute Gasteiger partial charge is 0.0224 e. The average molecular weight is 320 g/mol. The van der Waals surface area contributed by atoms with Gasteiger partial charge in [0.25, 0.3) is 0 Å². The van der Waals surface area contributed by atoms with Gasteiger partial charge in [-0.2, -0.15) is 0 Å². The molecule has 1 N–H and O–H groups in total. The van der Waals surface area contributed by atoms with Crippen LogP contribution in [-0.4, -0.2) is 22.1 Å². The predicted molar refractivity (Wildman–Crippen MR) is 99.8 cm³/mol. The summed E-state index contributed by atoms with van der Waals surface area (Å²) in [6.45, 7) is 21.1. The molecule has 0 amide bonds. The third-order valence-corrected chi connectivity index (χ3v) is 8.13. The van der Waals surface area contributed by atoms with Gasteiger partial charge in [-0.15, -0.1) is 0 Å². The molecule has 0 heterocycles. The Hall–Kier alpha value is 0.660. The average Bonchev–Trinajstić information content (AvgIpc) is 2.24. The van der Waals surface area contributed by atoms with Gasteiger partial charge in [0.05, 0.1) is 0 Å². The van der Waals surface area contributed by atoms with E-state index in [0.717, 1.165) is 0 Å². The molecule has 0 aliphatic rings. The van der Waals surface area contributed by atoms with Crippen molar-refractivity contribution in [2.75, 3.05) is 7.05 Å². The van der Waals surface area contributed by atoms with Gasteiger partial charge in [0.1, 0.15) is 0 Å². The molecule has 0 rings (SSSR count). The zero-order valence-electron chi connectivity index (χ0n) is 15.4. The maximum Gasteiger partial charge on any atom is 0.0224 e. The molecule has 0 spiro atoms. The maximum atomic E-state index is 3.42. The van der Waals surface area contributed by atoms with Crippen LogP contribution < -0.4 is 5.32 Å². The Bertz CT molecular complexity index is 263. The van der Waals surface area contributed by atoms with Crippen LogP contribution in [0.25, 0.3) is 0 Å². The minimum absolute atomic E-state index is 0.198. The SMILES string of the molecule is CCC(C)(C)CC(C)(C)SSC(C)(C)CC(C)(C)NC. The van der Waals surface area contributed by atoms with Crippen LogP contribution in [0.5, 0.6) is 0 Å². The quantitative estimate of drug-likeness (QED) is 0.513. The molecule has 122 valence electrons. The summed E-state index contributed by atoms with van der Waals surface area (Å²) in [5, 5.41) is 3.42. The van der Waals surface area contributed by atoms with Crippen molar-refractivity contribution in [3.8, 4) is 0 Å². The highest BCUT2D eigenvalue weighted by Gasteiger charge is 2.33. The predicted octanol–water partition coefficient (Wildman–Crippen LogP) is 6.14. The molecule has 0 aromatic rings. The number of rotatable bonds is 9. The molecule has 0 aromatic carbocycles. The lowest BCUT2D eigenvalue weighted by Gasteiger charge is -2.38. The van der Waals surface area contributed by atoms with Crippen molar-refractivity contribution >= 4 is 21.6 Å². The second-order valence-electron chi connectivity index (χ2n) is 8.69. The third-order valence-electron chi connectivity index (χ3n) is 3.90. The molecule has 0 radical (unpaired) electrons. The highest BCUT2D eigenvalue weighted by molar-refractivity contribution is 8.77. The zero-order valence-corrected chi connectivity index (χ0v) is 17.1. The fraction of sp³-hybridized carbons (Fsp3) is 1.00. The van der Waals surface area contributed by atoms with E-state index < -0.39 is 0 Å². The van der Waals surface area contributed by atoms with Crippen LogP contribution in [0.3, 0.4) is 0 Å². The molecule has 0 atom stereocenters. The molecule has 0 bridgehead atoms. The van der Waals surface area contributed by atoms with E-state index >= 15 is 0 Å². The van der Waals surface area contributed by atoms with E-state index in [4.69, 9.17) is 0 Å². The molecule has 3 heteroatoms. The fourth-order valence-corrected chi connectivity index (χ4v) is 5.74. The van der Waals surface area contributed by atoms with Crippen LogP contribution >= 0.6 is 21.6 Å². The van der Waals surface area contributed by atoms with Gasteiger partial charge in [0.2, 0.25) is 0 Å². The summed E-state index contributed by atoms with van der Waals surface area (Å²) < 4.78 is 0.607.